The molecule has 5 nitrogen and oxygen atoms in total. The number of nitrogens with one attached hydrogen (secondary N) is 2. The van der Waals surface area contributed by atoms with E-state index < -0.39 is 6.17 Å². The first-order valence-electron chi connectivity index (χ1n) is 8.80. The van der Waals surface area contributed by atoms with Gasteiger partial charge in [-0.25, -0.2) is 4.39 Å². The number of H-pyrrole nitrogens is 1. The summed E-state index contributed by atoms with van der Waals surface area (Å²) in [4.78, 5) is 5.47. The SMILES string of the molecule is Cn1cc(CN2C[C@@H](F)C[C@H]2CNCc2cccc3[nH]ccc23)cn1. The first-order chi connectivity index (χ1) is 12.2. The van der Waals surface area contributed by atoms with Gasteiger partial charge in [0, 0.05) is 68.1 Å². The van der Waals surface area contributed by atoms with Crippen LogP contribution in [-0.4, -0.2) is 45.0 Å². The molecule has 0 spiro atoms. The Labute approximate surface area is 146 Å². The van der Waals surface area contributed by atoms with Crippen molar-refractivity contribution in [1.82, 2.24) is 25.0 Å². The maximum atomic E-state index is 14.0. The molecule has 0 aliphatic carbocycles. The lowest BCUT2D eigenvalue weighted by atomic mass is 10.1. The van der Waals surface area contributed by atoms with Crippen LogP contribution in [0.5, 0.6) is 0 Å². The second-order valence-corrected chi connectivity index (χ2v) is 6.93. The predicted molar refractivity (Wildman–Crippen MR) is 96.9 cm³/mol. The highest BCUT2D eigenvalue weighted by molar-refractivity contribution is 5.82. The van der Waals surface area contributed by atoms with E-state index in [4.69, 9.17) is 0 Å². The van der Waals surface area contributed by atoms with Crippen molar-refractivity contribution in [3.8, 4) is 0 Å². The fourth-order valence-electron chi connectivity index (χ4n) is 3.79. The van der Waals surface area contributed by atoms with Gasteiger partial charge in [0.15, 0.2) is 0 Å². The highest BCUT2D eigenvalue weighted by atomic mass is 19.1. The highest BCUT2D eigenvalue weighted by Gasteiger charge is 2.31. The van der Waals surface area contributed by atoms with Crippen molar-refractivity contribution in [2.24, 2.45) is 7.05 Å². The Kier molecular flexibility index (Phi) is 4.55. The molecule has 2 aromatic heterocycles. The summed E-state index contributed by atoms with van der Waals surface area (Å²) < 4.78 is 15.7. The monoisotopic (exact) mass is 341 g/mol. The first kappa shape index (κ1) is 16.3. The summed E-state index contributed by atoms with van der Waals surface area (Å²) in [5.74, 6) is 0. The fraction of sp³-hybridized carbons (Fsp3) is 0.421. The van der Waals surface area contributed by atoms with Crippen molar-refractivity contribution >= 4 is 10.9 Å². The van der Waals surface area contributed by atoms with Gasteiger partial charge in [0.25, 0.3) is 0 Å². The molecule has 3 aromatic rings. The summed E-state index contributed by atoms with van der Waals surface area (Å²) in [6.45, 7) is 2.85. The minimum absolute atomic E-state index is 0.223. The fourth-order valence-corrected chi connectivity index (χ4v) is 3.79. The maximum absolute atomic E-state index is 14.0. The van der Waals surface area contributed by atoms with E-state index in [9.17, 15) is 4.39 Å². The van der Waals surface area contributed by atoms with E-state index in [1.165, 1.54) is 10.9 Å². The van der Waals surface area contributed by atoms with Crippen LogP contribution >= 0.6 is 0 Å². The standard InChI is InChI=1S/C19H24FN5/c1-24-11-14(8-23-24)12-25-13-16(20)7-17(25)10-21-9-15-3-2-4-19-18(15)5-6-22-19/h2-6,8,11,16-17,21-22H,7,9-10,12-13H2,1H3/t16-,17-/m0/s1. The Morgan fingerprint density at radius 1 is 1.36 bits per heavy atom. The van der Waals surface area contributed by atoms with E-state index in [0.29, 0.717) is 13.0 Å². The van der Waals surface area contributed by atoms with Gasteiger partial charge >= 0.3 is 0 Å². The summed E-state index contributed by atoms with van der Waals surface area (Å²) in [6.07, 6.45) is 5.69. The molecule has 1 aliphatic rings. The van der Waals surface area contributed by atoms with Crippen LogP contribution < -0.4 is 5.32 Å². The lowest BCUT2D eigenvalue weighted by Gasteiger charge is -2.23. The second-order valence-electron chi connectivity index (χ2n) is 6.93. The van der Waals surface area contributed by atoms with Gasteiger partial charge in [-0.05, 0) is 24.1 Å². The van der Waals surface area contributed by atoms with Crippen LogP contribution in [0, 0.1) is 0 Å². The molecule has 2 atom stereocenters. The summed E-state index contributed by atoms with van der Waals surface area (Å²) in [5, 5.41) is 8.98. The molecule has 2 N–H and O–H groups in total. The number of fused-ring (bicyclic) bond motifs is 1. The zero-order chi connectivity index (χ0) is 17.2. The molecular weight excluding hydrogens is 317 g/mol. The van der Waals surface area contributed by atoms with Gasteiger partial charge in [-0.1, -0.05) is 12.1 Å². The Bertz CT molecular complexity index is 839. The quantitative estimate of drug-likeness (QED) is 0.725. The molecule has 132 valence electrons. The molecule has 1 saturated heterocycles. The van der Waals surface area contributed by atoms with Crippen LogP contribution in [0.2, 0.25) is 0 Å². The van der Waals surface area contributed by atoms with Crippen molar-refractivity contribution in [1.29, 1.82) is 0 Å². The zero-order valence-corrected chi connectivity index (χ0v) is 14.5. The van der Waals surface area contributed by atoms with Crippen LogP contribution in [0.1, 0.15) is 17.5 Å². The molecule has 25 heavy (non-hydrogen) atoms. The zero-order valence-electron chi connectivity index (χ0n) is 14.5. The van der Waals surface area contributed by atoms with Crippen molar-refractivity contribution < 1.29 is 4.39 Å². The second kappa shape index (κ2) is 6.98. The molecule has 0 saturated carbocycles. The van der Waals surface area contributed by atoms with Crippen LogP contribution in [0.25, 0.3) is 10.9 Å². The number of likely N-dealkylation sites (tertiary alicyclic amines) is 1. The van der Waals surface area contributed by atoms with Crippen molar-refractivity contribution in [2.75, 3.05) is 13.1 Å². The number of aryl methyl sites for hydroxylation is 1. The van der Waals surface area contributed by atoms with Crippen LogP contribution in [0.3, 0.4) is 0 Å². The van der Waals surface area contributed by atoms with Crippen molar-refractivity contribution in [3.05, 3.63) is 54.0 Å². The number of hydrogen-bond donors (Lipinski definition) is 2. The van der Waals surface area contributed by atoms with Gasteiger partial charge in [0.05, 0.1) is 6.20 Å². The Morgan fingerprint density at radius 2 is 2.28 bits per heavy atom. The molecule has 4 rings (SSSR count). The van der Waals surface area contributed by atoms with E-state index in [0.717, 1.165) is 30.7 Å². The number of aromatic amines is 1. The number of hydrogen-bond acceptors (Lipinski definition) is 3. The Morgan fingerprint density at radius 3 is 3.12 bits per heavy atom. The van der Waals surface area contributed by atoms with E-state index in [1.54, 1.807) is 4.68 Å². The normalized spacial score (nSPS) is 21.4. The van der Waals surface area contributed by atoms with Gasteiger partial charge in [-0.3, -0.25) is 9.58 Å². The largest absolute Gasteiger partial charge is 0.361 e. The third-order valence-corrected chi connectivity index (χ3v) is 5.00. The number of alkyl halides is 1. The summed E-state index contributed by atoms with van der Waals surface area (Å²) in [7, 11) is 1.91. The van der Waals surface area contributed by atoms with Crippen molar-refractivity contribution in [2.45, 2.75) is 31.7 Å². The van der Waals surface area contributed by atoms with E-state index in [1.807, 2.05) is 25.6 Å². The smallest absolute Gasteiger partial charge is 0.114 e. The lowest BCUT2D eigenvalue weighted by molar-refractivity contribution is 0.230. The molecular formula is C19H24FN5. The number of benzene rings is 1. The number of nitrogens with zero attached hydrogens (tertiary/aromatic N) is 3. The van der Waals surface area contributed by atoms with Gasteiger partial charge < -0.3 is 10.3 Å². The molecule has 1 aliphatic heterocycles. The summed E-state index contributed by atoms with van der Waals surface area (Å²) in [6, 6.07) is 8.62. The topological polar surface area (TPSA) is 48.9 Å². The molecule has 0 amide bonds. The van der Waals surface area contributed by atoms with E-state index in [2.05, 4.69) is 44.6 Å². The third kappa shape index (κ3) is 3.60. The summed E-state index contributed by atoms with van der Waals surface area (Å²) >= 11 is 0. The van der Waals surface area contributed by atoms with Gasteiger partial charge in [0.2, 0.25) is 0 Å². The highest BCUT2D eigenvalue weighted by Crippen LogP contribution is 2.23. The Hall–Kier alpha value is -2.18. The van der Waals surface area contributed by atoms with Gasteiger partial charge in [0.1, 0.15) is 6.17 Å². The molecule has 6 heteroatoms. The van der Waals surface area contributed by atoms with Gasteiger partial charge in [-0.15, -0.1) is 0 Å². The van der Waals surface area contributed by atoms with Gasteiger partial charge in [-0.2, -0.15) is 5.10 Å². The van der Waals surface area contributed by atoms with Crippen LogP contribution in [0.15, 0.2) is 42.9 Å². The Balaban J connectivity index is 1.36. The minimum Gasteiger partial charge on any atom is -0.361 e. The average molecular weight is 341 g/mol. The molecule has 0 bridgehead atoms. The molecule has 0 radical (unpaired) electrons. The van der Waals surface area contributed by atoms with Crippen LogP contribution in [0.4, 0.5) is 4.39 Å². The first-order valence-corrected chi connectivity index (χ1v) is 8.80. The number of halogens is 1. The molecule has 1 aromatic carbocycles. The number of aromatic nitrogens is 3. The lowest BCUT2D eigenvalue weighted by Crippen LogP contribution is -2.37. The number of rotatable bonds is 6. The summed E-state index contributed by atoms with van der Waals surface area (Å²) in [5.41, 5.74) is 3.56. The van der Waals surface area contributed by atoms with E-state index >= 15 is 0 Å². The molecule has 1 fully saturated rings. The maximum Gasteiger partial charge on any atom is 0.114 e. The van der Waals surface area contributed by atoms with Crippen LogP contribution in [-0.2, 0) is 20.1 Å². The minimum atomic E-state index is -0.739. The van der Waals surface area contributed by atoms with E-state index in [-0.39, 0.29) is 6.04 Å². The predicted octanol–water partition coefficient (Wildman–Crippen LogP) is 2.60. The average Bonchev–Trinajstić information content (AvgIpc) is 3.29. The molecule has 3 heterocycles. The third-order valence-electron chi connectivity index (χ3n) is 5.00. The molecule has 0 unspecified atom stereocenters. The van der Waals surface area contributed by atoms with Crippen molar-refractivity contribution in [3.63, 3.8) is 0 Å².